The van der Waals surface area contributed by atoms with Crippen LogP contribution < -0.4 is 5.32 Å². The van der Waals surface area contributed by atoms with Crippen LogP contribution in [-0.4, -0.2) is 36.1 Å². The summed E-state index contributed by atoms with van der Waals surface area (Å²) in [5, 5.41) is 3.56. The lowest BCUT2D eigenvalue weighted by molar-refractivity contribution is 0.197. The Balaban J connectivity index is 1.96. The van der Waals surface area contributed by atoms with E-state index < -0.39 is 0 Å². The molecule has 1 aliphatic rings. The van der Waals surface area contributed by atoms with Crippen LogP contribution in [0.25, 0.3) is 0 Å². The van der Waals surface area contributed by atoms with Crippen molar-refractivity contribution in [3.05, 3.63) is 22.9 Å². The van der Waals surface area contributed by atoms with Crippen LogP contribution >= 0.6 is 15.9 Å². The first kappa shape index (κ1) is 12.8. The van der Waals surface area contributed by atoms with Gasteiger partial charge in [-0.1, -0.05) is 0 Å². The fourth-order valence-electron chi connectivity index (χ4n) is 2.47. The van der Waals surface area contributed by atoms with Crippen LogP contribution in [0.3, 0.4) is 0 Å². The number of likely N-dealkylation sites (tertiary alicyclic amines) is 1. The second kappa shape index (κ2) is 5.83. The Morgan fingerprint density at radius 3 is 3.12 bits per heavy atom. The van der Waals surface area contributed by atoms with E-state index in [0.29, 0.717) is 6.04 Å². The number of nitrogens with zero attached hydrogens (tertiary/aromatic N) is 2. The highest BCUT2D eigenvalue weighted by atomic mass is 79.9. The Labute approximate surface area is 112 Å². The molecular weight excluding hydrogens is 278 g/mol. The SMILES string of the molecule is CC(Nc1cccnc1Br)C1CCCN(C)C1. The molecule has 0 saturated carbocycles. The van der Waals surface area contributed by atoms with Crippen molar-refractivity contribution < 1.29 is 0 Å². The molecular formula is C13H20BrN3. The molecule has 1 fully saturated rings. The minimum atomic E-state index is 0.484. The molecule has 1 aliphatic heterocycles. The summed E-state index contributed by atoms with van der Waals surface area (Å²) in [6.07, 6.45) is 4.42. The predicted octanol–water partition coefficient (Wildman–Crippen LogP) is 2.99. The van der Waals surface area contributed by atoms with Gasteiger partial charge in [-0.05, 0) is 67.3 Å². The van der Waals surface area contributed by atoms with E-state index in [1.54, 1.807) is 6.20 Å². The van der Waals surface area contributed by atoms with Gasteiger partial charge < -0.3 is 10.2 Å². The van der Waals surface area contributed by atoms with E-state index in [0.717, 1.165) is 16.2 Å². The van der Waals surface area contributed by atoms with Crippen molar-refractivity contribution in [2.45, 2.75) is 25.8 Å². The Morgan fingerprint density at radius 1 is 1.59 bits per heavy atom. The molecule has 2 atom stereocenters. The molecule has 0 radical (unpaired) electrons. The maximum atomic E-state index is 4.24. The summed E-state index contributed by atoms with van der Waals surface area (Å²) in [4.78, 5) is 6.66. The highest BCUT2D eigenvalue weighted by Gasteiger charge is 2.22. The van der Waals surface area contributed by atoms with Gasteiger partial charge in [-0.25, -0.2) is 4.98 Å². The number of nitrogens with one attached hydrogen (secondary N) is 1. The molecule has 94 valence electrons. The molecule has 1 aromatic heterocycles. The van der Waals surface area contributed by atoms with Gasteiger partial charge in [-0.2, -0.15) is 0 Å². The molecule has 3 nitrogen and oxygen atoms in total. The highest BCUT2D eigenvalue weighted by molar-refractivity contribution is 9.10. The van der Waals surface area contributed by atoms with Gasteiger partial charge in [0, 0.05) is 18.8 Å². The van der Waals surface area contributed by atoms with Crippen LogP contribution in [0.5, 0.6) is 0 Å². The van der Waals surface area contributed by atoms with Crippen molar-refractivity contribution in [1.29, 1.82) is 0 Å². The van der Waals surface area contributed by atoms with Crippen LogP contribution in [-0.2, 0) is 0 Å². The minimum absolute atomic E-state index is 0.484. The fraction of sp³-hybridized carbons (Fsp3) is 0.615. The lowest BCUT2D eigenvalue weighted by Gasteiger charge is -2.34. The monoisotopic (exact) mass is 297 g/mol. The van der Waals surface area contributed by atoms with Gasteiger partial charge in [0.25, 0.3) is 0 Å². The lowest BCUT2D eigenvalue weighted by atomic mass is 9.92. The third kappa shape index (κ3) is 3.42. The lowest BCUT2D eigenvalue weighted by Crippen LogP contribution is -2.39. The summed E-state index contributed by atoms with van der Waals surface area (Å²) < 4.78 is 0.899. The van der Waals surface area contributed by atoms with Gasteiger partial charge in [-0.15, -0.1) is 0 Å². The van der Waals surface area contributed by atoms with Gasteiger partial charge in [0.1, 0.15) is 4.60 Å². The number of hydrogen-bond donors (Lipinski definition) is 1. The number of aromatic nitrogens is 1. The largest absolute Gasteiger partial charge is 0.380 e. The maximum absolute atomic E-state index is 4.24. The number of halogens is 1. The van der Waals surface area contributed by atoms with Crippen molar-refractivity contribution in [2.75, 3.05) is 25.5 Å². The zero-order valence-corrected chi connectivity index (χ0v) is 12.1. The molecule has 2 unspecified atom stereocenters. The molecule has 0 spiro atoms. The van der Waals surface area contributed by atoms with Crippen molar-refractivity contribution in [3.63, 3.8) is 0 Å². The molecule has 1 N–H and O–H groups in total. The number of anilines is 1. The van der Waals surface area contributed by atoms with Crippen LogP contribution in [0.2, 0.25) is 0 Å². The van der Waals surface area contributed by atoms with E-state index in [1.165, 1.54) is 25.9 Å². The van der Waals surface area contributed by atoms with Crippen molar-refractivity contribution in [2.24, 2.45) is 5.92 Å². The van der Waals surface area contributed by atoms with Crippen LogP contribution in [0, 0.1) is 5.92 Å². The fourth-order valence-corrected chi connectivity index (χ4v) is 2.84. The van der Waals surface area contributed by atoms with Crippen molar-refractivity contribution in [1.82, 2.24) is 9.88 Å². The summed E-state index contributed by atoms with van der Waals surface area (Å²) in [7, 11) is 2.21. The minimum Gasteiger partial charge on any atom is -0.380 e. The highest BCUT2D eigenvalue weighted by Crippen LogP contribution is 2.24. The van der Waals surface area contributed by atoms with Gasteiger partial charge in [0.05, 0.1) is 5.69 Å². The zero-order valence-electron chi connectivity index (χ0n) is 10.5. The van der Waals surface area contributed by atoms with Gasteiger partial charge in [0.15, 0.2) is 0 Å². The molecule has 0 aromatic carbocycles. The van der Waals surface area contributed by atoms with Gasteiger partial charge in [-0.3, -0.25) is 0 Å². The van der Waals surface area contributed by atoms with Gasteiger partial charge >= 0.3 is 0 Å². The summed E-state index contributed by atoms with van der Waals surface area (Å²) in [5.41, 5.74) is 1.09. The quantitative estimate of drug-likeness (QED) is 0.870. The average Bonchev–Trinajstić information content (AvgIpc) is 2.32. The molecule has 0 amide bonds. The molecule has 0 bridgehead atoms. The first-order chi connectivity index (χ1) is 8.16. The maximum Gasteiger partial charge on any atom is 0.129 e. The van der Waals surface area contributed by atoms with E-state index >= 15 is 0 Å². The molecule has 2 rings (SSSR count). The molecule has 1 saturated heterocycles. The predicted molar refractivity (Wildman–Crippen MR) is 75.2 cm³/mol. The second-order valence-corrected chi connectivity index (χ2v) is 5.69. The summed E-state index contributed by atoms with van der Waals surface area (Å²) in [6.45, 7) is 4.69. The first-order valence-electron chi connectivity index (χ1n) is 6.22. The molecule has 4 heteroatoms. The van der Waals surface area contributed by atoms with E-state index in [9.17, 15) is 0 Å². The number of piperidine rings is 1. The third-order valence-electron chi connectivity index (χ3n) is 3.51. The molecule has 17 heavy (non-hydrogen) atoms. The number of hydrogen-bond acceptors (Lipinski definition) is 3. The standard InChI is InChI=1S/C13H20BrN3/c1-10(11-5-4-8-17(2)9-11)16-12-6-3-7-15-13(12)14/h3,6-7,10-11,16H,4-5,8-9H2,1-2H3. The summed E-state index contributed by atoms with van der Waals surface area (Å²) >= 11 is 3.48. The molecule has 0 aliphatic carbocycles. The first-order valence-corrected chi connectivity index (χ1v) is 7.01. The molecule has 1 aromatic rings. The second-order valence-electron chi connectivity index (χ2n) is 4.94. The van der Waals surface area contributed by atoms with E-state index in [1.807, 2.05) is 6.07 Å². The van der Waals surface area contributed by atoms with Crippen LogP contribution in [0.4, 0.5) is 5.69 Å². The summed E-state index contributed by atoms with van der Waals surface area (Å²) in [6, 6.07) is 4.52. The van der Waals surface area contributed by atoms with Gasteiger partial charge in [0.2, 0.25) is 0 Å². The van der Waals surface area contributed by atoms with E-state index in [2.05, 4.69) is 51.2 Å². The van der Waals surface area contributed by atoms with Crippen molar-refractivity contribution >= 4 is 21.6 Å². The third-order valence-corrected chi connectivity index (χ3v) is 4.14. The Kier molecular flexibility index (Phi) is 4.40. The normalized spacial score (nSPS) is 23.4. The zero-order chi connectivity index (χ0) is 12.3. The number of rotatable bonds is 3. The van der Waals surface area contributed by atoms with E-state index in [-0.39, 0.29) is 0 Å². The average molecular weight is 298 g/mol. The van der Waals surface area contributed by atoms with E-state index in [4.69, 9.17) is 0 Å². The topological polar surface area (TPSA) is 28.2 Å². The smallest absolute Gasteiger partial charge is 0.129 e. The van der Waals surface area contributed by atoms with Crippen LogP contribution in [0.15, 0.2) is 22.9 Å². The Hall–Kier alpha value is -0.610. The van der Waals surface area contributed by atoms with Crippen LogP contribution in [0.1, 0.15) is 19.8 Å². The Bertz CT molecular complexity index is 369. The molecule has 2 heterocycles. The Morgan fingerprint density at radius 2 is 2.41 bits per heavy atom. The number of pyridine rings is 1. The summed E-state index contributed by atoms with van der Waals surface area (Å²) in [5.74, 6) is 0.723. The van der Waals surface area contributed by atoms with Crippen molar-refractivity contribution in [3.8, 4) is 0 Å².